The smallest absolute Gasteiger partial charge is 0.220 e. The molecule has 0 unspecified atom stereocenters. The molecule has 1 saturated heterocycles. The minimum absolute atomic E-state index is 0. The second-order valence-electron chi connectivity index (χ2n) is 7.26. The molecule has 7 heteroatoms. The summed E-state index contributed by atoms with van der Waals surface area (Å²) in [5.74, 6) is 1.57. The van der Waals surface area contributed by atoms with E-state index in [1.807, 2.05) is 7.05 Å². The number of carbonyl (C=O) groups is 1. The summed E-state index contributed by atoms with van der Waals surface area (Å²) in [4.78, 5) is 20.4. The van der Waals surface area contributed by atoms with Crippen LogP contribution in [0.1, 0.15) is 30.4 Å². The van der Waals surface area contributed by atoms with Crippen molar-refractivity contribution in [3.8, 4) is 0 Å². The fourth-order valence-electron chi connectivity index (χ4n) is 3.35. The average Bonchev–Trinajstić information content (AvgIpc) is 2.64. The third kappa shape index (κ3) is 8.04. The molecule has 1 amide bonds. The van der Waals surface area contributed by atoms with Gasteiger partial charge in [-0.05, 0) is 44.0 Å². The van der Waals surface area contributed by atoms with Crippen LogP contribution in [0.25, 0.3) is 0 Å². The van der Waals surface area contributed by atoms with Crippen LogP contribution in [0.3, 0.4) is 0 Å². The Balaban J connectivity index is 0.00000364. The fraction of sp³-hybridized carbons (Fsp3) is 0.600. The van der Waals surface area contributed by atoms with Gasteiger partial charge >= 0.3 is 0 Å². The van der Waals surface area contributed by atoms with Gasteiger partial charge in [-0.3, -0.25) is 9.79 Å². The Labute approximate surface area is 180 Å². The van der Waals surface area contributed by atoms with Gasteiger partial charge in [-0.2, -0.15) is 0 Å². The zero-order chi connectivity index (χ0) is 18.9. The molecular weight excluding hydrogens is 453 g/mol. The summed E-state index contributed by atoms with van der Waals surface area (Å²) in [6, 6.07) is 8.72. The molecule has 1 fully saturated rings. The Kier molecular flexibility index (Phi) is 10.7. The van der Waals surface area contributed by atoms with Gasteiger partial charge < -0.3 is 20.4 Å². The predicted octanol–water partition coefficient (Wildman–Crippen LogP) is 2.29. The molecule has 0 atom stereocenters. The van der Waals surface area contributed by atoms with E-state index < -0.39 is 0 Å². The molecule has 6 nitrogen and oxygen atoms in total. The van der Waals surface area contributed by atoms with Gasteiger partial charge in [0.2, 0.25) is 5.91 Å². The van der Waals surface area contributed by atoms with Gasteiger partial charge in [-0.25, -0.2) is 0 Å². The highest BCUT2D eigenvalue weighted by Crippen LogP contribution is 2.20. The van der Waals surface area contributed by atoms with Gasteiger partial charge in [0.15, 0.2) is 5.96 Å². The van der Waals surface area contributed by atoms with E-state index in [1.165, 1.54) is 11.1 Å². The summed E-state index contributed by atoms with van der Waals surface area (Å²) in [6.45, 7) is 3.62. The van der Waals surface area contributed by atoms with Gasteiger partial charge in [-0.1, -0.05) is 24.3 Å². The standard InChI is InChI=1S/C20H33N5O.HI/c1-21-19(26)13-16-9-11-25(12-10-16)20(22-2)23-14-17-5-7-18(8-6-17)15-24(3)4;/h5-8,16H,9-15H2,1-4H3,(H,21,26)(H,22,23);1H. The summed E-state index contributed by atoms with van der Waals surface area (Å²) in [7, 11) is 7.70. The van der Waals surface area contributed by atoms with Crippen LogP contribution in [-0.2, 0) is 17.9 Å². The molecular formula is C20H34IN5O. The molecule has 27 heavy (non-hydrogen) atoms. The normalized spacial score (nSPS) is 15.4. The second kappa shape index (κ2) is 12.2. The van der Waals surface area contributed by atoms with Crippen molar-refractivity contribution in [3.05, 3.63) is 35.4 Å². The van der Waals surface area contributed by atoms with Crippen LogP contribution >= 0.6 is 24.0 Å². The van der Waals surface area contributed by atoms with E-state index in [2.05, 4.69) is 63.8 Å². The highest BCUT2D eigenvalue weighted by molar-refractivity contribution is 14.0. The molecule has 0 radical (unpaired) electrons. The van der Waals surface area contributed by atoms with Crippen LogP contribution < -0.4 is 10.6 Å². The zero-order valence-corrected chi connectivity index (χ0v) is 19.3. The number of piperidine rings is 1. The number of amides is 1. The van der Waals surface area contributed by atoms with Crippen LogP contribution in [0.5, 0.6) is 0 Å². The van der Waals surface area contributed by atoms with E-state index in [-0.39, 0.29) is 29.9 Å². The third-order valence-corrected chi connectivity index (χ3v) is 4.85. The zero-order valence-electron chi connectivity index (χ0n) is 17.0. The number of nitrogens with zero attached hydrogens (tertiary/aromatic N) is 3. The largest absolute Gasteiger partial charge is 0.359 e. The molecule has 2 rings (SSSR count). The average molecular weight is 487 g/mol. The molecule has 0 spiro atoms. The lowest BCUT2D eigenvalue weighted by Crippen LogP contribution is -2.45. The maximum Gasteiger partial charge on any atom is 0.220 e. The first-order valence-electron chi connectivity index (χ1n) is 9.40. The summed E-state index contributed by atoms with van der Waals surface area (Å²) in [5.41, 5.74) is 2.57. The quantitative estimate of drug-likeness (QED) is 0.368. The number of carbonyl (C=O) groups excluding carboxylic acids is 1. The molecule has 152 valence electrons. The van der Waals surface area contributed by atoms with Gasteiger partial charge in [0.25, 0.3) is 0 Å². The minimum atomic E-state index is 0. The third-order valence-electron chi connectivity index (χ3n) is 4.85. The van der Waals surface area contributed by atoms with Gasteiger partial charge in [0, 0.05) is 46.7 Å². The van der Waals surface area contributed by atoms with Crippen LogP contribution in [0.4, 0.5) is 0 Å². The monoisotopic (exact) mass is 487 g/mol. The number of benzene rings is 1. The molecule has 1 heterocycles. The van der Waals surface area contributed by atoms with Crippen molar-refractivity contribution < 1.29 is 4.79 Å². The molecule has 2 N–H and O–H groups in total. The van der Waals surface area contributed by atoms with Gasteiger partial charge in [0.05, 0.1) is 0 Å². The maximum atomic E-state index is 11.5. The summed E-state index contributed by atoms with van der Waals surface area (Å²) in [5, 5.41) is 6.19. The van der Waals surface area contributed by atoms with E-state index in [0.29, 0.717) is 12.3 Å². The molecule has 0 aromatic heterocycles. The van der Waals surface area contributed by atoms with E-state index in [4.69, 9.17) is 0 Å². The highest BCUT2D eigenvalue weighted by Gasteiger charge is 2.22. The Bertz CT molecular complexity index is 595. The first-order chi connectivity index (χ1) is 12.5. The summed E-state index contributed by atoms with van der Waals surface area (Å²) in [6.07, 6.45) is 2.70. The van der Waals surface area contributed by atoms with Gasteiger partial charge in [-0.15, -0.1) is 24.0 Å². The van der Waals surface area contributed by atoms with Crippen molar-refractivity contribution in [2.24, 2.45) is 10.9 Å². The summed E-state index contributed by atoms with van der Waals surface area (Å²) >= 11 is 0. The van der Waals surface area contributed by atoms with Crippen molar-refractivity contribution in [1.29, 1.82) is 0 Å². The molecule has 1 aromatic carbocycles. The van der Waals surface area contributed by atoms with Crippen molar-refractivity contribution in [1.82, 2.24) is 20.4 Å². The fourth-order valence-corrected chi connectivity index (χ4v) is 3.35. The molecule has 0 saturated carbocycles. The number of likely N-dealkylation sites (tertiary alicyclic amines) is 1. The van der Waals surface area contributed by atoms with Crippen molar-refractivity contribution in [2.75, 3.05) is 41.3 Å². The van der Waals surface area contributed by atoms with E-state index in [9.17, 15) is 4.79 Å². The topological polar surface area (TPSA) is 60.0 Å². The molecule has 1 aliphatic rings. The number of guanidine groups is 1. The molecule has 0 aliphatic carbocycles. The number of nitrogens with one attached hydrogen (secondary N) is 2. The van der Waals surface area contributed by atoms with Crippen molar-refractivity contribution in [2.45, 2.75) is 32.4 Å². The Hall–Kier alpha value is -1.35. The SMILES string of the molecule is CN=C(NCc1ccc(CN(C)C)cc1)N1CCC(CC(=O)NC)CC1.I. The van der Waals surface area contributed by atoms with Crippen LogP contribution in [0, 0.1) is 5.92 Å². The Morgan fingerprint density at radius 2 is 1.78 bits per heavy atom. The number of hydrogen-bond acceptors (Lipinski definition) is 3. The maximum absolute atomic E-state index is 11.5. The number of hydrogen-bond donors (Lipinski definition) is 2. The van der Waals surface area contributed by atoms with Crippen LogP contribution in [-0.4, -0.2) is 62.9 Å². The van der Waals surface area contributed by atoms with Gasteiger partial charge in [0.1, 0.15) is 0 Å². The minimum Gasteiger partial charge on any atom is -0.359 e. The van der Waals surface area contributed by atoms with E-state index >= 15 is 0 Å². The lowest BCUT2D eigenvalue weighted by Gasteiger charge is -2.34. The lowest BCUT2D eigenvalue weighted by atomic mass is 9.93. The van der Waals surface area contributed by atoms with Crippen LogP contribution in [0.15, 0.2) is 29.3 Å². The molecule has 1 aromatic rings. The summed E-state index contributed by atoms with van der Waals surface area (Å²) < 4.78 is 0. The second-order valence-corrected chi connectivity index (χ2v) is 7.26. The molecule has 0 bridgehead atoms. The Morgan fingerprint density at radius 3 is 2.30 bits per heavy atom. The highest BCUT2D eigenvalue weighted by atomic mass is 127. The van der Waals surface area contributed by atoms with E-state index in [1.54, 1.807) is 7.05 Å². The first kappa shape index (κ1) is 23.7. The number of aliphatic imine (C=N–C) groups is 1. The lowest BCUT2D eigenvalue weighted by molar-refractivity contribution is -0.121. The van der Waals surface area contributed by atoms with Crippen molar-refractivity contribution >= 4 is 35.8 Å². The first-order valence-corrected chi connectivity index (χ1v) is 9.40. The predicted molar refractivity (Wildman–Crippen MR) is 122 cm³/mol. The van der Waals surface area contributed by atoms with E-state index in [0.717, 1.165) is 45.0 Å². The Morgan fingerprint density at radius 1 is 1.19 bits per heavy atom. The van der Waals surface area contributed by atoms with Crippen molar-refractivity contribution in [3.63, 3.8) is 0 Å². The number of rotatable bonds is 6. The van der Waals surface area contributed by atoms with Crippen LogP contribution in [0.2, 0.25) is 0 Å². The number of halogens is 1. The molecule has 1 aliphatic heterocycles.